The second kappa shape index (κ2) is 8.53. The third kappa shape index (κ3) is 4.65. The molecule has 2 heterocycles. The molecule has 3 aliphatic rings. The van der Waals surface area contributed by atoms with Crippen LogP contribution < -0.4 is 15.4 Å². The Kier molecular flexibility index (Phi) is 6.05. The van der Waals surface area contributed by atoms with Crippen LogP contribution in [-0.2, 0) is 9.59 Å². The molecule has 33 heavy (non-hydrogen) atoms. The summed E-state index contributed by atoms with van der Waals surface area (Å²) in [5, 5.41) is 14.2. The van der Waals surface area contributed by atoms with E-state index in [-0.39, 0.29) is 42.4 Å². The Bertz CT molecular complexity index is 927. The highest BCUT2D eigenvalue weighted by atomic mass is 19.4. The van der Waals surface area contributed by atoms with Crippen LogP contribution in [0.1, 0.15) is 57.6 Å². The second-order valence-corrected chi connectivity index (χ2v) is 9.23. The van der Waals surface area contributed by atoms with Crippen LogP contribution in [0.4, 0.5) is 13.2 Å². The van der Waals surface area contributed by atoms with Crippen molar-refractivity contribution >= 4 is 17.8 Å². The average Bonchev–Trinajstić information content (AvgIpc) is 3.55. The van der Waals surface area contributed by atoms with E-state index in [1.807, 2.05) is 13.8 Å². The topological polar surface area (TPSA) is 94.5 Å². The van der Waals surface area contributed by atoms with Gasteiger partial charge in [0.05, 0.1) is 12.5 Å². The Hall–Kier alpha value is -2.78. The molecule has 0 aromatic heterocycles. The number of carbonyl (C=O) groups is 2. The number of benzene rings is 1. The minimum absolute atomic E-state index is 0.0485. The smallest absolute Gasteiger partial charge is 0.425 e. The van der Waals surface area contributed by atoms with Crippen molar-refractivity contribution in [1.82, 2.24) is 15.5 Å². The fraction of sp³-hybridized carbons (Fsp3) is 0.609. The SMILES string of the molecule is CCC1(CC)CC(=O)N(C[C@@H]2C[C@H]2C(=O)N[C@H]2C[C@H](C(F)(F)F)Oc3ccccc32)C(=N)N1. The fourth-order valence-corrected chi connectivity index (χ4v) is 4.78. The number of hydrogen-bond donors (Lipinski definition) is 3. The highest BCUT2D eigenvalue weighted by Gasteiger charge is 2.50. The van der Waals surface area contributed by atoms with Gasteiger partial charge in [0.15, 0.2) is 12.1 Å². The zero-order chi connectivity index (χ0) is 24.0. The van der Waals surface area contributed by atoms with Crippen molar-refractivity contribution in [3.05, 3.63) is 29.8 Å². The summed E-state index contributed by atoms with van der Waals surface area (Å²) in [6.45, 7) is 4.21. The third-order valence-corrected chi connectivity index (χ3v) is 7.17. The normalized spacial score (nSPS) is 28.5. The maximum atomic E-state index is 13.3. The van der Waals surface area contributed by atoms with Gasteiger partial charge in [0.1, 0.15) is 5.75 Å². The van der Waals surface area contributed by atoms with Gasteiger partial charge < -0.3 is 15.4 Å². The van der Waals surface area contributed by atoms with Gasteiger partial charge in [-0.25, -0.2) is 0 Å². The lowest BCUT2D eigenvalue weighted by atomic mass is 9.87. The van der Waals surface area contributed by atoms with E-state index < -0.39 is 29.8 Å². The Morgan fingerprint density at radius 1 is 1.27 bits per heavy atom. The first kappa shape index (κ1) is 23.4. The first-order valence-electron chi connectivity index (χ1n) is 11.4. The molecular formula is C23H29F3N4O3. The molecule has 0 spiro atoms. The molecule has 1 aliphatic carbocycles. The molecule has 4 atom stereocenters. The second-order valence-electron chi connectivity index (χ2n) is 9.23. The molecule has 1 saturated carbocycles. The summed E-state index contributed by atoms with van der Waals surface area (Å²) in [5.74, 6) is -0.817. The summed E-state index contributed by atoms with van der Waals surface area (Å²) in [4.78, 5) is 26.9. The van der Waals surface area contributed by atoms with Gasteiger partial charge in [-0.15, -0.1) is 0 Å². The van der Waals surface area contributed by atoms with Crippen LogP contribution in [0.2, 0.25) is 0 Å². The number of ether oxygens (including phenoxy) is 1. The van der Waals surface area contributed by atoms with Crippen molar-refractivity contribution in [3.63, 3.8) is 0 Å². The minimum atomic E-state index is -4.53. The van der Waals surface area contributed by atoms with Crippen molar-refractivity contribution in [1.29, 1.82) is 5.41 Å². The largest absolute Gasteiger partial charge is 0.480 e. The lowest BCUT2D eigenvalue weighted by Crippen LogP contribution is -2.62. The van der Waals surface area contributed by atoms with Gasteiger partial charge in [-0.05, 0) is 31.2 Å². The van der Waals surface area contributed by atoms with Crippen LogP contribution in [0.25, 0.3) is 0 Å². The zero-order valence-corrected chi connectivity index (χ0v) is 18.7. The number of carbonyl (C=O) groups excluding carboxylic acids is 2. The van der Waals surface area contributed by atoms with Gasteiger partial charge in [0.2, 0.25) is 11.8 Å². The van der Waals surface area contributed by atoms with Crippen molar-refractivity contribution in [3.8, 4) is 5.75 Å². The van der Waals surface area contributed by atoms with Gasteiger partial charge in [0, 0.05) is 30.0 Å². The van der Waals surface area contributed by atoms with E-state index in [4.69, 9.17) is 10.1 Å². The number of nitrogens with zero attached hydrogens (tertiary/aromatic N) is 1. The molecule has 2 aliphatic heterocycles. The maximum Gasteiger partial charge on any atom is 0.425 e. The number of fused-ring (bicyclic) bond motifs is 1. The molecule has 3 N–H and O–H groups in total. The summed E-state index contributed by atoms with van der Waals surface area (Å²) in [7, 11) is 0. The molecule has 1 saturated heterocycles. The number of hydrogen-bond acceptors (Lipinski definition) is 4. The summed E-state index contributed by atoms with van der Waals surface area (Å²) in [6.07, 6.45) is -4.63. The Labute approximate surface area is 190 Å². The first-order chi connectivity index (χ1) is 15.6. The number of rotatable bonds is 6. The number of para-hydroxylation sites is 1. The van der Waals surface area contributed by atoms with Gasteiger partial charge in [0.25, 0.3) is 0 Å². The molecule has 1 aromatic rings. The fourth-order valence-electron chi connectivity index (χ4n) is 4.78. The Balaban J connectivity index is 1.38. The molecule has 2 amide bonds. The molecule has 180 valence electrons. The van der Waals surface area contributed by atoms with Crippen LogP contribution >= 0.6 is 0 Å². The predicted octanol–water partition coefficient (Wildman–Crippen LogP) is 3.51. The number of amides is 2. The van der Waals surface area contributed by atoms with E-state index in [9.17, 15) is 22.8 Å². The molecule has 4 rings (SSSR count). The molecular weight excluding hydrogens is 437 g/mol. The summed E-state index contributed by atoms with van der Waals surface area (Å²) in [5.41, 5.74) is 0.118. The van der Waals surface area contributed by atoms with Crippen LogP contribution in [-0.4, -0.2) is 47.0 Å². The van der Waals surface area contributed by atoms with Crippen LogP contribution in [0.15, 0.2) is 24.3 Å². The Morgan fingerprint density at radius 3 is 2.61 bits per heavy atom. The molecule has 0 radical (unpaired) electrons. The van der Waals surface area contributed by atoms with Crippen LogP contribution in [0.5, 0.6) is 5.75 Å². The highest BCUT2D eigenvalue weighted by molar-refractivity contribution is 5.99. The van der Waals surface area contributed by atoms with Gasteiger partial charge in [-0.3, -0.25) is 19.9 Å². The van der Waals surface area contributed by atoms with Crippen molar-refractivity contribution < 1.29 is 27.5 Å². The Morgan fingerprint density at radius 2 is 1.97 bits per heavy atom. The zero-order valence-electron chi connectivity index (χ0n) is 18.7. The van der Waals surface area contributed by atoms with Crippen molar-refractivity contribution in [2.45, 2.75) is 69.8 Å². The average molecular weight is 467 g/mol. The molecule has 2 fully saturated rings. The first-order valence-corrected chi connectivity index (χ1v) is 11.4. The summed E-state index contributed by atoms with van der Waals surface area (Å²) in [6, 6.07) is 5.62. The van der Waals surface area contributed by atoms with E-state index in [2.05, 4.69) is 10.6 Å². The highest BCUT2D eigenvalue weighted by Crippen LogP contribution is 2.43. The molecule has 7 nitrogen and oxygen atoms in total. The third-order valence-electron chi connectivity index (χ3n) is 7.17. The monoisotopic (exact) mass is 466 g/mol. The summed E-state index contributed by atoms with van der Waals surface area (Å²) < 4.78 is 45.1. The molecule has 10 heteroatoms. The van der Waals surface area contributed by atoms with Gasteiger partial charge in [-0.1, -0.05) is 32.0 Å². The minimum Gasteiger partial charge on any atom is -0.480 e. The maximum absolute atomic E-state index is 13.3. The van der Waals surface area contributed by atoms with E-state index in [0.29, 0.717) is 18.4 Å². The summed E-state index contributed by atoms with van der Waals surface area (Å²) >= 11 is 0. The predicted molar refractivity (Wildman–Crippen MR) is 115 cm³/mol. The lowest BCUT2D eigenvalue weighted by Gasteiger charge is -2.42. The number of halogens is 3. The molecule has 0 bridgehead atoms. The number of guanidine groups is 1. The van der Waals surface area contributed by atoms with Crippen LogP contribution in [0, 0.1) is 17.2 Å². The van der Waals surface area contributed by atoms with Crippen molar-refractivity contribution in [2.75, 3.05) is 6.54 Å². The lowest BCUT2D eigenvalue weighted by molar-refractivity contribution is -0.201. The number of nitrogens with one attached hydrogen (secondary N) is 3. The van der Waals surface area contributed by atoms with E-state index >= 15 is 0 Å². The molecule has 0 unspecified atom stereocenters. The van der Waals surface area contributed by atoms with E-state index in [0.717, 1.165) is 12.8 Å². The van der Waals surface area contributed by atoms with E-state index in [1.54, 1.807) is 18.2 Å². The van der Waals surface area contributed by atoms with Crippen molar-refractivity contribution in [2.24, 2.45) is 11.8 Å². The standard InChI is InChI=1S/C23H29F3N4O3/c1-3-22(4-2)11-19(31)30(21(27)29-22)12-13-9-15(13)20(32)28-16-10-18(23(24,25)26)33-17-8-6-5-7-14(16)17/h5-8,13,15-16,18H,3-4,9-12H2,1-2H3,(H2,27,29)(H,28,32)/t13-,15+,16-,18+/m0/s1. The van der Waals surface area contributed by atoms with E-state index in [1.165, 1.54) is 11.0 Å². The van der Waals surface area contributed by atoms with Gasteiger partial charge >= 0.3 is 6.18 Å². The van der Waals surface area contributed by atoms with Gasteiger partial charge in [-0.2, -0.15) is 13.2 Å². The number of alkyl halides is 3. The van der Waals surface area contributed by atoms with Crippen LogP contribution in [0.3, 0.4) is 0 Å². The quantitative estimate of drug-likeness (QED) is 0.598. The molecule has 1 aromatic carbocycles.